The molecule has 1 aliphatic rings. The number of methoxy groups -OCH3 is 2. The van der Waals surface area contributed by atoms with Crippen molar-refractivity contribution in [3.05, 3.63) is 52.8 Å². The molecule has 0 spiro atoms. The second kappa shape index (κ2) is 8.90. The van der Waals surface area contributed by atoms with Crippen LogP contribution >= 0.6 is 0 Å². The summed E-state index contributed by atoms with van der Waals surface area (Å²) >= 11 is 0. The van der Waals surface area contributed by atoms with Gasteiger partial charge in [-0.05, 0) is 56.2 Å². The van der Waals surface area contributed by atoms with Gasteiger partial charge in [-0.25, -0.2) is 4.79 Å². The second-order valence-electron chi connectivity index (χ2n) is 6.99. The third kappa shape index (κ3) is 4.56. The molecule has 30 heavy (non-hydrogen) atoms. The Morgan fingerprint density at radius 3 is 2.50 bits per heavy atom. The predicted octanol–water partition coefficient (Wildman–Crippen LogP) is 3.96. The standard InChI is InChI=1S/C23H24O7/c1-13(2)29-21(24)12-28-16-8-14(3)22-19(11-16)30-20(23(22)25)10-15-6-7-17(26-4)18(9-15)27-5/h6-11,13H,12H2,1-5H3/b20-10-. The van der Waals surface area contributed by atoms with Gasteiger partial charge < -0.3 is 23.7 Å². The average molecular weight is 412 g/mol. The van der Waals surface area contributed by atoms with Crippen LogP contribution in [-0.4, -0.2) is 38.7 Å². The van der Waals surface area contributed by atoms with Gasteiger partial charge in [0.05, 0.1) is 25.9 Å². The minimum absolute atomic E-state index is 0.191. The van der Waals surface area contributed by atoms with Crippen molar-refractivity contribution in [2.75, 3.05) is 20.8 Å². The van der Waals surface area contributed by atoms with Crippen LogP contribution < -0.4 is 18.9 Å². The number of hydrogen-bond donors (Lipinski definition) is 0. The van der Waals surface area contributed by atoms with Gasteiger partial charge in [0.1, 0.15) is 11.5 Å². The Kier molecular flexibility index (Phi) is 6.30. The molecule has 0 saturated heterocycles. The van der Waals surface area contributed by atoms with E-state index in [1.165, 1.54) is 0 Å². The first-order valence-corrected chi connectivity index (χ1v) is 9.45. The fourth-order valence-electron chi connectivity index (χ4n) is 3.09. The number of hydrogen-bond acceptors (Lipinski definition) is 7. The van der Waals surface area contributed by atoms with Crippen molar-refractivity contribution in [3.8, 4) is 23.0 Å². The minimum atomic E-state index is -0.464. The first-order valence-electron chi connectivity index (χ1n) is 9.45. The molecule has 7 heteroatoms. The highest BCUT2D eigenvalue weighted by atomic mass is 16.6. The van der Waals surface area contributed by atoms with Crippen LogP contribution in [0.4, 0.5) is 0 Å². The fourth-order valence-corrected chi connectivity index (χ4v) is 3.09. The number of rotatable bonds is 7. The van der Waals surface area contributed by atoms with E-state index in [4.69, 9.17) is 23.7 Å². The summed E-state index contributed by atoms with van der Waals surface area (Å²) in [6.45, 7) is 5.10. The number of Topliss-reactive ketones (excluding diaryl/α,β-unsaturated/α-hetero) is 1. The molecule has 0 radical (unpaired) electrons. The molecule has 0 N–H and O–H groups in total. The molecule has 0 atom stereocenters. The average Bonchev–Trinajstić information content (AvgIpc) is 3.01. The Balaban J connectivity index is 1.81. The molecular formula is C23H24O7. The van der Waals surface area contributed by atoms with Gasteiger partial charge >= 0.3 is 5.97 Å². The van der Waals surface area contributed by atoms with E-state index in [1.807, 2.05) is 0 Å². The van der Waals surface area contributed by atoms with Crippen LogP contribution in [0, 0.1) is 6.92 Å². The highest BCUT2D eigenvalue weighted by Crippen LogP contribution is 2.38. The van der Waals surface area contributed by atoms with Gasteiger partial charge in [0.25, 0.3) is 0 Å². The zero-order chi connectivity index (χ0) is 21.8. The third-order valence-corrected chi connectivity index (χ3v) is 4.37. The number of carbonyl (C=O) groups is 2. The molecule has 7 nitrogen and oxygen atoms in total. The smallest absolute Gasteiger partial charge is 0.344 e. The molecule has 0 bridgehead atoms. The summed E-state index contributed by atoms with van der Waals surface area (Å²) in [5.74, 6) is 1.46. The number of carbonyl (C=O) groups excluding carboxylic acids is 2. The van der Waals surface area contributed by atoms with Crippen molar-refractivity contribution in [2.24, 2.45) is 0 Å². The first kappa shape index (κ1) is 21.2. The van der Waals surface area contributed by atoms with Crippen LogP contribution in [0.15, 0.2) is 36.1 Å². The van der Waals surface area contributed by atoms with Gasteiger partial charge in [-0.15, -0.1) is 0 Å². The maximum atomic E-state index is 12.8. The van der Waals surface area contributed by atoms with Gasteiger partial charge in [0, 0.05) is 6.07 Å². The summed E-state index contributed by atoms with van der Waals surface area (Å²) in [6.07, 6.45) is 1.43. The Morgan fingerprint density at radius 1 is 1.10 bits per heavy atom. The first-order chi connectivity index (χ1) is 14.3. The van der Waals surface area contributed by atoms with Gasteiger partial charge in [-0.1, -0.05) is 6.07 Å². The quantitative estimate of drug-likeness (QED) is 0.503. The van der Waals surface area contributed by atoms with Gasteiger partial charge in [0.15, 0.2) is 23.9 Å². The number of fused-ring (bicyclic) bond motifs is 1. The predicted molar refractivity (Wildman–Crippen MR) is 110 cm³/mol. The number of allylic oxidation sites excluding steroid dienone is 1. The van der Waals surface area contributed by atoms with E-state index in [-0.39, 0.29) is 24.3 Å². The van der Waals surface area contributed by atoms with Crippen LogP contribution in [0.1, 0.15) is 35.3 Å². The normalized spacial score (nSPS) is 13.8. The largest absolute Gasteiger partial charge is 0.493 e. The van der Waals surface area contributed by atoms with E-state index in [0.717, 1.165) is 5.56 Å². The van der Waals surface area contributed by atoms with E-state index in [1.54, 1.807) is 71.4 Å². The monoisotopic (exact) mass is 412 g/mol. The Morgan fingerprint density at radius 2 is 1.83 bits per heavy atom. The third-order valence-electron chi connectivity index (χ3n) is 4.37. The van der Waals surface area contributed by atoms with Crippen LogP contribution in [0.3, 0.4) is 0 Å². The molecule has 158 valence electrons. The van der Waals surface area contributed by atoms with Gasteiger partial charge in [-0.2, -0.15) is 0 Å². The molecule has 2 aromatic carbocycles. The van der Waals surface area contributed by atoms with E-state index in [2.05, 4.69) is 0 Å². The van der Waals surface area contributed by atoms with E-state index in [9.17, 15) is 9.59 Å². The SMILES string of the molecule is COc1ccc(/C=C2\Oc3cc(OCC(=O)OC(C)C)cc(C)c3C2=O)cc1OC. The lowest BCUT2D eigenvalue weighted by molar-refractivity contribution is -0.149. The molecular weight excluding hydrogens is 388 g/mol. The van der Waals surface area contributed by atoms with E-state index < -0.39 is 5.97 Å². The molecule has 0 fully saturated rings. The zero-order valence-electron chi connectivity index (χ0n) is 17.6. The van der Waals surface area contributed by atoms with Crippen LogP contribution in [-0.2, 0) is 9.53 Å². The fraction of sp³-hybridized carbons (Fsp3) is 0.304. The Labute approximate surface area is 175 Å². The lowest BCUT2D eigenvalue weighted by Gasteiger charge is -2.10. The molecule has 0 aromatic heterocycles. The van der Waals surface area contributed by atoms with Crippen LogP contribution in [0.25, 0.3) is 6.08 Å². The highest BCUT2D eigenvalue weighted by molar-refractivity contribution is 6.15. The summed E-state index contributed by atoms with van der Waals surface area (Å²) in [5, 5.41) is 0. The number of ketones is 1. The molecule has 0 unspecified atom stereocenters. The molecule has 1 aliphatic heterocycles. The van der Waals surface area contributed by atoms with E-state index >= 15 is 0 Å². The van der Waals surface area contributed by atoms with Gasteiger partial charge in [-0.3, -0.25) is 4.79 Å². The van der Waals surface area contributed by atoms with Crippen molar-refractivity contribution in [1.29, 1.82) is 0 Å². The molecule has 0 amide bonds. The summed E-state index contributed by atoms with van der Waals surface area (Å²) in [6, 6.07) is 8.61. The maximum absolute atomic E-state index is 12.8. The number of esters is 1. The van der Waals surface area contributed by atoms with Gasteiger partial charge in [0.2, 0.25) is 5.78 Å². The Hall–Kier alpha value is -3.48. The minimum Gasteiger partial charge on any atom is -0.493 e. The van der Waals surface area contributed by atoms with E-state index in [0.29, 0.717) is 34.1 Å². The van der Waals surface area contributed by atoms with Crippen molar-refractivity contribution in [3.63, 3.8) is 0 Å². The topological polar surface area (TPSA) is 80.3 Å². The molecule has 2 aromatic rings. The van der Waals surface area contributed by atoms with Crippen molar-refractivity contribution >= 4 is 17.8 Å². The highest BCUT2D eigenvalue weighted by Gasteiger charge is 2.30. The number of aryl methyl sites for hydroxylation is 1. The summed E-state index contributed by atoms with van der Waals surface area (Å²) in [4.78, 5) is 24.5. The van der Waals surface area contributed by atoms with Crippen LogP contribution in [0.2, 0.25) is 0 Å². The summed E-state index contributed by atoms with van der Waals surface area (Å²) in [7, 11) is 3.10. The van der Waals surface area contributed by atoms with Crippen molar-refractivity contribution in [1.82, 2.24) is 0 Å². The second-order valence-corrected chi connectivity index (χ2v) is 6.99. The molecule has 3 rings (SSSR count). The van der Waals surface area contributed by atoms with Crippen molar-refractivity contribution in [2.45, 2.75) is 26.9 Å². The maximum Gasteiger partial charge on any atom is 0.344 e. The molecule has 0 aliphatic carbocycles. The van der Waals surface area contributed by atoms with Crippen LogP contribution in [0.5, 0.6) is 23.0 Å². The number of benzene rings is 2. The lowest BCUT2D eigenvalue weighted by Crippen LogP contribution is -2.18. The van der Waals surface area contributed by atoms with Crippen molar-refractivity contribution < 1.29 is 33.3 Å². The Bertz CT molecular complexity index is 1000. The number of ether oxygens (including phenoxy) is 5. The molecule has 1 heterocycles. The zero-order valence-corrected chi connectivity index (χ0v) is 17.6. The summed E-state index contributed by atoms with van der Waals surface area (Å²) < 4.78 is 26.9. The lowest BCUT2D eigenvalue weighted by atomic mass is 10.0. The molecule has 0 saturated carbocycles. The summed E-state index contributed by atoms with van der Waals surface area (Å²) in [5.41, 5.74) is 1.90.